The molecule has 0 bridgehead atoms. The quantitative estimate of drug-likeness (QED) is 0.0177. The van der Waals surface area contributed by atoms with Crippen molar-refractivity contribution in [3.8, 4) is 0 Å². The molecule has 0 amide bonds. The zero-order valence-corrected chi connectivity index (χ0v) is 41.8. The highest BCUT2D eigenvalue weighted by Crippen LogP contribution is 2.26. The second-order valence-electron chi connectivity index (χ2n) is 18.7. The Kier molecular flexibility index (Phi) is 36.7. The molecule has 0 spiro atoms. The Bertz CT molecular complexity index is 1330. The van der Waals surface area contributed by atoms with Gasteiger partial charge in [0, 0.05) is 12.8 Å². The molecule has 2 rings (SSSR count). The van der Waals surface area contributed by atoms with Crippen LogP contribution in [0.4, 0.5) is 0 Å². The van der Waals surface area contributed by atoms with Gasteiger partial charge in [0.15, 0.2) is 18.7 Å². The normalized spacial score (nSPS) is 26.0. The van der Waals surface area contributed by atoms with Crippen molar-refractivity contribution >= 4 is 11.9 Å². The first kappa shape index (κ1) is 61.8. The van der Waals surface area contributed by atoms with Crippen LogP contribution in [0, 0.1) is 0 Å². The molecule has 2 aliphatic rings. The van der Waals surface area contributed by atoms with Crippen LogP contribution < -0.4 is 0 Å². The maximum absolute atomic E-state index is 13.0. The van der Waals surface area contributed by atoms with Crippen LogP contribution in [0.5, 0.6) is 0 Å². The standard InChI is InChI=1S/C53H94O15/c1-3-5-7-9-11-13-15-17-19-20-22-24-26-28-30-32-34-36-45(56)66-41(38-63-44(55)35-33-31-29-27-25-23-21-18-16-14-12-10-8-6-4-2)39-64-52-51(62)49(60)47(58)43(68-52)40-65-53-50(61)48(59)46(57)42(37-54)67-53/h17,19,22,24,28,30,41-43,46-54,57-62H,3-16,18,20-21,23,25-27,29,31-40H2,1-2H3/b19-17+,24-22+,30-28+/t41-,42+,43+,46-,47-,48?,49?,50?,51?,52+,53+/m1/s1. The summed E-state index contributed by atoms with van der Waals surface area (Å²) in [6.45, 7) is 2.54. The van der Waals surface area contributed by atoms with Crippen LogP contribution in [-0.2, 0) is 38.0 Å². The molecule has 0 radical (unpaired) electrons. The molecule has 0 aromatic rings. The molecule has 11 atom stereocenters. The maximum Gasteiger partial charge on any atom is 0.306 e. The van der Waals surface area contributed by atoms with Crippen LogP contribution in [0.25, 0.3) is 0 Å². The van der Waals surface area contributed by atoms with Crippen molar-refractivity contribution in [2.24, 2.45) is 0 Å². The summed E-state index contributed by atoms with van der Waals surface area (Å²) in [5, 5.41) is 72.1. The number of allylic oxidation sites excluding steroid dienone is 6. The lowest BCUT2D eigenvalue weighted by Gasteiger charge is -2.42. The molecule has 68 heavy (non-hydrogen) atoms. The SMILES string of the molecule is CCCCCCCC/C=C/C/C=C/C/C=C/CCCC(=O)O[C@H](COC(=O)CCCCCCCCCCCCCCCCC)CO[C@H]1O[C@@H](CO[C@H]2O[C@@H](CO)[C@@H](O)C(O)C2O)[C@@H](O)C(O)C1O. The Balaban J connectivity index is 1.82. The van der Waals surface area contributed by atoms with Crippen LogP contribution in [0.3, 0.4) is 0 Å². The number of aliphatic hydroxyl groups is 7. The third kappa shape index (κ3) is 27.9. The van der Waals surface area contributed by atoms with Crippen molar-refractivity contribution in [2.45, 2.75) is 261 Å². The number of ether oxygens (including phenoxy) is 6. The number of hydrogen-bond acceptors (Lipinski definition) is 15. The van der Waals surface area contributed by atoms with Crippen molar-refractivity contribution in [1.82, 2.24) is 0 Å². The van der Waals surface area contributed by atoms with Crippen LogP contribution >= 0.6 is 0 Å². The van der Waals surface area contributed by atoms with Crippen molar-refractivity contribution in [3.05, 3.63) is 36.5 Å². The van der Waals surface area contributed by atoms with Gasteiger partial charge >= 0.3 is 11.9 Å². The zero-order valence-electron chi connectivity index (χ0n) is 41.8. The second-order valence-corrected chi connectivity index (χ2v) is 18.7. The van der Waals surface area contributed by atoms with Gasteiger partial charge in [0.1, 0.15) is 55.4 Å². The highest BCUT2D eigenvalue weighted by atomic mass is 16.7. The predicted octanol–water partition coefficient (Wildman–Crippen LogP) is 7.71. The van der Waals surface area contributed by atoms with E-state index in [4.69, 9.17) is 28.4 Å². The molecule has 15 nitrogen and oxygen atoms in total. The molecule has 2 fully saturated rings. The van der Waals surface area contributed by atoms with E-state index < -0.39 is 99.3 Å². The number of carbonyl (C=O) groups is 2. The Morgan fingerprint density at radius 3 is 1.43 bits per heavy atom. The number of hydrogen-bond donors (Lipinski definition) is 7. The van der Waals surface area contributed by atoms with Crippen LogP contribution in [0.1, 0.15) is 194 Å². The summed E-state index contributed by atoms with van der Waals surface area (Å²) in [6.07, 6.45) is 26.1. The Morgan fingerprint density at radius 1 is 0.471 bits per heavy atom. The fraction of sp³-hybridized carbons (Fsp3) is 0.849. The fourth-order valence-electron chi connectivity index (χ4n) is 8.23. The largest absolute Gasteiger partial charge is 0.462 e. The summed E-state index contributed by atoms with van der Waals surface area (Å²) in [6, 6.07) is 0. The van der Waals surface area contributed by atoms with Gasteiger partial charge in [-0.1, -0.05) is 172 Å². The lowest BCUT2D eigenvalue weighted by atomic mass is 9.98. The number of unbranched alkanes of at least 4 members (excludes halogenated alkanes) is 21. The minimum absolute atomic E-state index is 0.0952. The molecular formula is C53H94O15. The van der Waals surface area contributed by atoms with E-state index in [1.807, 2.05) is 6.08 Å². The van der Waals surface area contributed by atoms with Gasteiger partial charge in [-0.25, -0.2) is 0 Å². The van der Waals surface area contributed by atoms with E-state index in [2.05, 4.69) is 44.2 Å². The van der Waals surface area contributed by atoms with E-state index in [0.717, 1.165) is 38.5 Å². The fourth-order valence-corrected chi connectivity index (χ4v) is 8.23. The van der Waals surface area contributed by atoms with Gasteiger partial charge in [-0.05, 0) is 44.9 Å². The van der Waals surface area contributed by atoms with Gasteiger partial charge in [-0.2, -0.15) is 0 Å². The van der Waals surface area contributed by atoms with Gasteiger partial charge in [0.2, 0.25) is 0 Å². The van der Waals surface area contributed by atoms with Crippen LogP contribution in [0.15, 0.2) is 36.5 Å². The summed E-state index contributed by atoms with van der Waals surface area (Å²) >= 11 is 0. The second kappa shape index (κ2) is 40.3. The summed E-state index contributed by atoms with van der Waals surface area (Å²) in [5.74, 6) is -0.980. The highest BCUT2D eigenvalue weighted by Gasteiger charge is 2.47. The van der Waals surface area contributed by atoms with E-state index in [0.29, 0.717) is 19.3 Å². The summed E-state index contributed by atoms with van der Waals surface area (Å²) < 4.78 is 33.5. The van der Waals surface area contributed by atoms with E-state index in [1.54, 1.807) is 0 Å². The Morgan fingerprint density at radius 2 is 0.897 bits per heavy atom. The van der Waals surface area contributed by atoms with E-state index >= 15 is 0 Å². The molecule has 4 unspecified atom stereocenters. The lowest BCUT2D eigenvalue weighted by molar-refractivity contribution is -0.332. The molecule has 0 saturated carbocycles. The first-order valence-corrected chi connectivity index (χ1v) is 26.6. The molecule has 15 heteroatoms. The van der Waals surface area contributed by atoms with Crippen molar-refractivity contribution in [1.29, 1.82) is 0 Å². The van der Waals surface area contributed by atoms with Gasteiger partial charge in [-0.3, -0.25) is 9.59 Å². The topological polar surface area (TPSA) is 231 Å². The van der Waals surface area contributed by atoms with Crippen molar-refractivity contribution < 1.29 is 73.8 Å². The molecule has 7 N–H and O–H groups in total. The van der Waals surface area contributed by atoms with Gasteiger partial charge < -0.3 is 64.2 Å². The van der Waals surface area contributed by atoms with E-state index in [1.165, 1.54) is 109 Å². The number of esters is 2. The summed E-state index contributed by atoms with van der Waals surface area (Å²) in [4.78, 5) is 25.8. The molecular weight excluding hydrogens is 877 g/mol. The zero-order chi connectivity index (χ0) is 49.6. The molecule has 0 aromatic heterocycles. The molecule has 2 heterocycles. The molecule has 0 aliphatic carbocycles. The van der Waals surface area contributed by atoms with E-state index in [9.17, 15) is 45.3 Å². The monoisotopic (exact) mass is 971 g/mol. The molecule has 2 saturated heterocycles. The molecule has 396 valence electrons. The third-order valence-electron chi connectivity index (χ3n) is 12.6. The number of rotatable bonds is 41. The molecule has 0 aromatic carbocycles. The van der Waals surface area contributed by atoms with Crippen LogP contribution in [-0.4, -0.2) is 142 Å². The summed E-state index contributed by atoms with van der Waals surface area (Å²) in [7, 11) is 0. The summed E-state index contributed by atoms with van der Waals surface area (Å²) in [5.41, 5.74) is 0. The average Bonchev–Trinajstić information content (AvgIpc) is 3.33. The molecule has 2 aliphatic heterocycles. The maximum atomic E-state index is 13.0. The minimum atomic E-state index is -1.77. The van der Waals surface area contributed by atoms with E-state index in [-0.39, 0.29) is 19.4 Å². The highest BCUT2D eigenvalue weighted by molar-refractivity contribution is 5.70. The first-order chi connectivity index (χ1) is 33.0. The Hall–Kier alpha value is -2.28. The van der Waals surface area contributed by atoms with Crippen molar-refractivity contribution in [3.63, 3.8) is 0 Å². The lowest BCUT2D eigenvalue weighted by Crippen LogP contribution is -2.61. The van der Waals surface area contributed by atoms with Gasteiger partial charge in [0.05, 0.1) is 19.8 Å². The van der Waals surface area contributed by atoms with Crippen molar-refractivity contribution in [2.75, 3.05) is 26.4 Å². The third-order valence-corrected chi connectivity index (χ3v) is 12.6. The average molecular weight is 971 g/mol. The smallest absolute Gasteiger partial charge is 0.306 e. The number of carbonyl (C=O) groups excluding carboxylic acids is 2. The predicted molar refractivity (Wildman–Crippen MR) is 261 cm³/mol. The minimum Gasteiger partial charge on any atom is -0.462 e. The van der Waals surface area contributed by atoms with Crippen LogP contribution in [0.2, 0.25) is 0 Å². The van der Waals surface area contributed by atoms with Gasteiger partial charge in [0.25, 0.3) is 0 Å². The van der Waals surface area contributed by atoms with Gasteiger partial charge in [-0.15, -0.1) is 0 Å². The number of aliphatic hydroxyl groups excluding tert-OH is 7. The first-order valence-electron chi connectivity index (χ1n) is 26.6. The Labute approximate surface area is 408 Å².